The topological polar surface area (TPSA) is 111 Å². The zero-order valence-electron chi connectivity index (χ0n) is 9.48. The van der Waals surface area contributed by atoms with Crippen LogP contribution in [0.4, 0.5) is 15.8 Å². The molecule has 0 aliphatic heterocycles. The van der Waals surface area contributed by atoms with Gasteiger partial charge in [-0.1, -0.05) is 12.1 Å². The number of hydrogen-bond acceptors (Lipinski definition) is 7. The van der Waals surface area contributed by atoms with Gasteiger partial charge >= 0.3 is 5.00 Å². The molecular formula is C10H8N4O4S. The molecule has 0 saturated heterocycles. The molecule has 1 aromatic heterocycles. The quantitative estimate of drug-likeness (QED) is 0.665. The van der Waals surface area contributed by atoms with E-state index < -0.39 is 9.85 Å². The van der Waals surface area contributed by atoms with Crippen molar-refractivity contribution in [2.75, 3.05) is 5.32 Å². The number of rotatable bonds is 5. The summed E-state index contributed by atoms with van der Waals surface area (Å²) >= 11 is 0.939. The lowest BCUT2D eigenvalue weighted by molar-refractivity contribution is -0.384. The molecule has 2 rings (SSSR count). The fourth-order valence-corrected chi connectivity index (χ4v) is 1.97. The zero-order chi connectivity index (χ0) is 13.8. The molecule has 0 aliphatic rings. The fourth-order valence-electron chi connectivity index (χ4n) is 1.34. The van der Waals surface area contributed by atoms with Gasteiger partial charge in [-0.25, -0.2) is 4.98 Å². The summed E-state index contributed by atoms with van der Waals surface area (Å²) < 4.78 is 0. The lowest BCUT2D eigenvalue weighted by Gasteiger charge is -2.01. The van der Waals surface area contributed by atoms with Crippen molar-refractivity contribution in [3.8, 4) is 0 Å². The predicted octanol–water partition coefficient (Wildman–Crippen LogP) is 2.57. The summed E-state index contributed by atoms with van der Waals surface area (Å²) in [6.45, 7) is 0.392. The van der Waals surface area contributed by atoms with E-state index in [2.05, 4.69) is 10.3 Å². The van der Waals surface area contributed by atoms with Gasteiger partial charge in [0.25, 0.3) is 5.69 Å². The van der Waals surface area contributed by atoms with Crippen LogP contribution in [0.15, 0.2) is 30.5 Å². The number of nitro groups is 2. The number of nitro benzene ring substituents is 1. The normalized spacial score (nSPS) is 10.1. The van der Waals surface area contributed by atoms with Crippen LogP contribution in [-0.4, -0.2) is 14.8 Å². The molecule has 0 aliphatic carbocycles. The SMILES string of the molecule is O=[N+]([O-])c1ccc(CNc2ncc([N+](=O)[O-])s2)cc1. The Kier molecular flexibility index (Phi) is 3.66. The summed E-state index contributed by atoms with van der Waals surface area (Å²) in [5, 5.41) is 24.3. The zero-order valence-corrected chi connectivity index (χ0v) is 10.3. The van der Waals surface area contributed by atoms with Gasteiger partial charge in [-0.15, -0.1) is 0 Å². The van der Waals surface area contributed by atoms with Gasteiger partial charge in [0.1, 0.15) is 6.20 Å². The largest absolute Gasteiger partial charge is 0.357 e. The number of nitrogens with zero attached hydrogens (tertiary/aromatic N) is 3. The summed E-state index contributed by atoms with van der Waals surface area (Å²) in [4.78, 5) is 23.8. The second kappa shape index (κ2) is 5.40. The van der Waals surface area contributed by atoms with Crippen molar-refractivity contribution in [3.05, 3.63) is 56.3 Å². The van der Waals surface area contributed by atoms with Crippen molar-refractivity contribution in [2.24, 2.45) is 0 Å². The Bertz CT molecular complexity index is 610. The van der Waals surface area contributed by atoms with Gasteiger partial charge in [-0.3, -0.25) is 20.2 Å². The molecule has 1 heterocycles. The Morgan fingerprint density at radius 1 is 1.16 bits per heavy atom. The summed E-state index contributed by atoms with van der Waals surface area (Å²) in [7, 11) is 0. The monoisotopic (exact) mass is 280 g/mol. The maximum atomic E-state index is 10.5. The first-order valence-electron chi connectivity index (χ1n) is 5.13. The highest BCUT2D eigenvalue weighted by atomic mass is 32.1. The van der Waals surface area contributed by atoms with Crippen LogP contribution in [0.5, 0.6) is 0 Å². The Morgan fingerprint density at radius 3 is 2.37 bits per heavy atom. The summed E-state index contributed by atoms with van der Waals surface area (Å²) in [6, 6.07) is 6.04. The van der Waals surface area contributed by atoms with Crippen LogP contribution >= 0.6 is 11.3 Å². The number of nitrogens with one attached hydrogen (secondary N) is 1. The minimum atomic E-state index is -0.505. The van der Waals surface area contributed by atoms with Gasteiger partial charge in [-0.05, 0) is 16.9 Å². The van der Waals surface area contributed by atoms with Crippen LogP contribution in [0, 0.1) is 20.2 Å². The van der Waals surface area contributed by atoms with E-state index in [0.717, 1.165) is 16.9 Å². The lowest BCUT2D eigenvalue weighted by atomic mass is 10.2. The Labute approximate surface area is 111 Å². The lowest BCUT2D eigenvalue weighted by Crippen LogP contribution is -1.98. The molecule has 0 bridgehead atoms. The van der Waals surface area contributed by atoms with E-state index in [0.29, 0.717) is 11.7 Å². The Hall–Kier alpha value is -2.55. The molecule has 0 saturated carbocycles. The average Bonchev–Trinajstić information content (AvgIpc) is 2.86. The van der Waals surface area contributed by atoms with Crippen LogP contribution in [0.2, 0.25) is 0 Å². The maximum Gasteiger partial charge on any atom is 0.345 e. The molecule has 0 amide bonds. The first-order valence-corrected chi connectivity index (χ1v) is 5.95. The molecule has 0 unspecified atom stereocenters. The van der Waals surface area contributed by atoms with Crippen LogP contribution in [0.1, 0.15) is 5.56 Å². The van der Waals surface area contributed by atoms with Gasteiger partial charge in [0.15, 0.2) is 5.13 Å². The number of anilines is 1. The maximum absolute atomic E-state index is 10.5. The van der Waals surface area contributed by atoms with E-state index in [-0.39, 0.29) is 10.7 Å². The molecule has 0 spiro atoms. The highest BCUT2D eigenvalue weighted by Crippen LogP contribution is 2.25. The van der Waals surface area contributed by atoms with Gasteiger partial charge in [0.05, 0.1) is 9.85 Å². The average molecular weight is 280 g/mol. The summed E-state index contributed by atoms with van der Waals surface area (Å²) in [6.07, 6.45) is 1.18. The third-order valence-corrected chi connectivity index (χ3v) is 3.17. The summed E-state index contributed by atoms with van der Waals surface area (Å²) in [5.74, 6) is 0. The van der Waals surface area contributed by atoms with Crippen LogP contribution in [0.3, 0.4) is 0 Å². The highest BCUT2D eigenvalue weighted by molar-refractivity contribution is 7.18. The van der Waals surface area contributed by atoms with Crippen LogP contribution < -0.4 is 5.32 Å². The van der Waals surface area contributed by atoms with Crippen LogP contribution in [-0.2, 0) is 6.54 Å². The summed E-state index contributed by atoms with van der Waals surface area (Å²) in [5.41, 5.74) is 0.845. The predicted molar refractivity (Wildman–Crippen MR) is 69.2 cm³/mol. The van der Waals surface area contributed by atoms with E-state index >= 15 is 0 Å². The van der Waals surface area contributed by atoms with E-state index in [4.69, 9.17) is 0 Å². The van der Waals surface area contributed by atoms with Gasteiger partial charge in [0, 0.05) is 18.7 Å². The first-order chi connectivity index (χ1) is 9.06. The smallest absolute Gasteiger partial charge is 0.345 e. The third kappa shape index (κ3) is 3.22. The van der Waals surface area contributed by atoms with Gasteiger partial charge < -0.3 is 5.32 Å². The highest BCUT2D eigenvalue weighted by Gasteiger charge is 2.11. The minimum absolute atomic E-state index is 0.0219. The molecular weight excluding hydrogens is 272 g/mol. The van der Waals surface area contributed by atoms with E-state index in [1.165, 1.54) is 18.3 Å². The standard InChI is InChI=1S/C10H8N4O4S/c15-13(16)8-3-1-7(2-4-8)5-11-10-12-6-9(19-10)14(17)18/h1-4,6H,5H2,(H,11,12). The van der Waals surface area contributed by atoms with Gasteiger partial charge in [0.2, 0.25) is 0 Å². The molecule has 0 radical (unpaired) electrons. The van der Waals surface area contributed by atoms with E-state index in [9.17, 15) is 20.2 Å². The van der Waals surface area contributed by atoms with Crippen molar-refractivity contribution in [2.45, 2.75) is 6.54 Å². The first kappa shape index (κ1) is 12.9. The number of non-ortho nitro benzene ring substituents is 1. The van der Waals surface area contributed by atoms with Gasteiger partial charge in [-0.2, -0.15) is 0 Å². The van der Waals surface area contributed by atoms with Crippen LogP contribution in [0.25, 0.3) is 0 Å². The number of hydrogen-bond donors (Lipinski definition) is 1. The molecule has 98 valence electrons. The molecule has 1 N–H and O–H groups in total. The van der Waals surface area contributed by atoms with Crippen molar-refractivity contribution < 1.29 is 9.85 Å². The molecule has 9 heteroatoms. The second-order valence-electron chi connectivity index (χ2n) is 3.54. The van der Waals surface area contributed by atoms with E-state index in [1.54, 1.807) is 12.1 Å². The van der Waals surface area contributed by atoms with Crippen molar-refractivity contribution >= 4 is 27.2 Å². The molecule has 2 aromatic rings. The Balaban J connectivity index is 1.97. The second-order valence-corrected chi connectivity index (χ2v) is 4.55. The molecule has 0 atom stereocenters. The number of thiazole rings is 1. The molecule has 1 aromatic carbocycles. The van der Waals surface area contributed by atoms with Crippen molar-refractivity contribution in [1.29, 1.82) is 0 Å². The molecule has 8 nitrogen and oxygen atoms in total. The van der Waals surface area contributed by atoms with Crippen molar-refractivity contribution in [1.82, 2.24) is 4.98 Å². The molecule has 0 fully saturated rings. The van der Waals surface area contributed by atoms with E-state index in [1.807, 2.05) is 0 Å². The fraction of sp³-hybridized carbons (Fsp3) is 0.100. The Morgan fingerprint density at radius 2 is 1.84 bits per heavy atom. The number of aromatic nitrogens is 1. The minimum Gasteiger partial charge on any atom is -0.357 e. The molecule has 19 heavy (non-hydrogen) atoms. The third-order valence-electron chi connectivity index (χ3n) is 2.26. The van der Waals surface area contributed by atoms with Crippen molar-refractivity contribution in [3.63, 3.8) is 0 Å². The number of benzene rings is 1.